The van der Waals surface area contributed by atoms with Crippen LogP contribution >= 0.6 is 11.8 Å². The molecule has 0 saturated carbocycles. The molecular formula is C29H31NO3S. The Morgan fingerprint density at radius 2 is 1.74 bits per heavy atom. The molecular weight excluding hydrogens is 442 g/mol. The van der Waals surface area contributed by atoms with Crippen molar-refractivity contribution in [1.82, 2.24) is 5.32 Å². The number of aliphatic carboxylic acids is 1. The van der Waals surface area contributed by atoms with Crippen LogP contribution in [0.25, 0.3) is 17.2 Å². The largest absolute Gasteiger partial charge is 0.480 e. The summed E-state index contributed by atoms with van der Waals surface area (Å²) in [5, 5.41) is 12.3. The Labute approximate surface area is 206 Å². The van der Waals surface area contributed by atoms with Gasteiger partial charge in [-0.3, -0.25) is 4.79 Å². The van der Waals surface area contributed by atoms with Crippen molar-refractivity contribution < 1.29 is 14.7 Å². The fraction of sp³-hybridized carbons (Fsp3) is 0.241. The Morgan fingerprint density at radius 1 is 1.00 bits per heavy atom. The first-order chi connectivity index (χ1) is 16.5. The summed E-state index contributed by atoms with van der Waals surface area (Å²) in [6, 6.07) is 23.1. The highest BCUT2D eigenvalue weighted by atomic mass is 32.2. The number of benzene rings is 3. The van der Waals surface area contributed by atoms with Crippen molar-refractivity contribution in [2.24, 2.45) is 0 Å². The average molecular weight is 474 g/mol. The van der Waals surface area contributed by atoms with Crippen LogP contribution in [0, 0.1) is 6.92 Å². The lowest BCUT2D eigenvalue weighted by Crippen LogP contribution is -2.41. The summed E-state index contributed by atoms with van der Waals surface area (Å²) in [5.41, 5.74) is 5.59. The van der Waals surface area contributed by atoms with Crippen molar-refractivity contribution in [3.05, 3.63) is 101 Å². The van der Waals surface area contributed by atoms with E-state index in [1.807, 2.05) is 67.8 Å². The molecule has 1 amide bonds. The third-order valence-corrected chi connectivity index (χ3v) is 6.33. The highest BCUT2D eigenvalue weighted by Gasteiger charge is 2.22. The predicted octanol–water partition coefficient (Wildman–Crippen LogP) is 6.24. The number of nitrogens with one attached hydrogen (secondary N) is 1. The number of aryl methyl sites for hydroxylation is 2. The molecule has 2 N–H and O–H groups in total. The molecule has 0 unspecified atom stereocenters. The highest BCUT2D eigenvalue weighted by molar-refractivity contribution is 7.98. The fourth-order valence-corrected chi connectivity index (χ4v) is 4.28. The molecule has 0 bridgehead atoms. The van der Waals surface area contributed by atoms with Crippen LogP contribution in [0.1, 0.15) is 39.9 Å². The van der Waals surface area contributed by atoms with Crippen LogP contribution in [0.3, 0.4) is 0 Å². The second-order valence-corrected chi connectivity index (χ2v) is 9.18. The van der Waals surface area contributed by atoms with Gasteiger partial charge in [0, 0.05) is 5.56 Å². The molecule has 3 aromatic rings. The van der Waals surface area contributed by atoms with E-state index in [0.717, 1.165) is 35.1 Å². The molecule has 34 heavy (non-hydrogen) atoms. The Balaban J connectivity index is 1.86. The van der Waals surface area contributed by atoms with Crippen molar-refractivity contribution in [3.8, 4) is 11.1 Å². The van der Waals surface area contributed by atoms with Gasteiger partial charge in [-0.15, -0.1) is 0 Å². The van der Waals surface area contributed by atoms with Crippen molar-refractivity contribution in [2.75, 3.05) is 12.0 Å². The van der Waals surface area contributed by atoms with Crippen LogP contribution in [0.15, 0.2) is 78.9 Å². The summed E-state index contributed by atoms with van der Waals surface area (Å²) >= 11 is 1.56. The summed E-state index contributed by atoms with van der Waals surface area (Å²) in [4.78, 5) is 24.8. The lowest BCUT2D eigenvalue weighted by atomic mass is 9.93. The molecule has 0 heterocycles. The maximum absolute atomic E-state index is 13.2. The summed E-state index contributed by atoms with van der Waals surface area (Å²) < 4.78 is 0. The minimum atomic E-state index is -1.02. The molecule has 1 atom stereocenters. The second-order valence-electron chi connectivity index (χ2n) is 8.19. The molecule has 0 spiro atoms. The highest BCUT2D eigenvalue weighted by Crippen LogP contribution is 2.29. The third kappa shape index (κ3) is 7.09. The van der Waals surface area contributed by atoms with E-state index in [1.54, 1.807) is 17.8 Å². The molecule has 3 rings (SSSR count). The molecule has 0 aliphatic heterocycles. The second kappa shape index (κ2) is 12.8. The molecule has 0 aromatic heterocycles. The first-order valence-corrected chi connectivity index (χ1v) is 12.8. The van der Waals surface area contributed by atoms with E-state index in [1.165, 1.54) is 5.56 Å². The van der Waals surface area contributed by atoms with E-state index in [-0.39, 0.29) is 5.91 Å². The number of carboxylic acids is 1. The Bertz CT molecular complexity index is 1140. The summed E-state index contributed by atoms with van der Waals surface area (Å²) in [6.45, 7) is 2.01. The molecule has 0 aliphatic carbocycles. The topological polar surface area (TPSA) is 66.4 Å². The van der Waals surface area contributed by atoms with E-state index in [2.05, 4.69) is 29.6 Å². The number of hydrogen-bond donors (Lipinski definition) is 2. The number of carbonyl (C=O) groups is 2. The number of thioether (sulfide) groups is 1. The van der Waals surface area contributed by atoms with Crippen LogP contribution in [0.2, 0.25) is 0 Å². The first-order valence-electron chi connectivity index (χ1n) is 11.4. The zero-order valence-electron chi connectivity index (χ0n) is 19.7. The Hall–Kier alpha value is -3.31. The van der Waals surface area contributed by atoms with Gasteiger partial charge in [-0.25, -0.2) is 4.79 Å². The molecule has 4 nitrogen and oxygen atoms in total. The van der Waals surface area contributed by atoms with E-state index in [4.69, 9.17) is 0 Å². The van der Waals surface area contributed by atoms with E-state index in [9.17, 15) is 14.7 Å². The van der Waals surface area contributed by atoms with Crippen molar-refractivity contribution in [3.63, 3.8) is 0 Å². The average Bonchev–Trinajstić information content (AvgIpc) is 2.85. The predicted molar refractivity (Wildman–Crippen MR) is 142 cm³/mol. The van der Waals surface area contributed by atoms with Gasteiger partial charge in [-0.05, 0) is 78.1 Å². The van der Waals surface area contributed by atoms with Gasteiger partial charge in [-0.2, -0.15) is 11.8 Å². The molecule has 0 aliphatic rings. The first kappa shape index (κ1) is 25.3. The van der Waals surface area contributed by atoms with Gasteiger partial charge in [-0.1, -0.05) is 72.8 Å². The van der Waals surface area contributed by atoms with Gasteiger partial charge in [0.05, 0.1) is 0 Å². The number of hydrogen-bond acceptors (Lipinski definition) is 3. The van der Waals surface area contributed by atoms with Crippen LogP contribution < -0.4 is 5.32 Å². The molecule has 0 radical (unpaired) electrons. The van der Waals surface area contributed by atoms with Gasteiger partial charge >= 0.3 is 5.97 Å². The van der Waals surface area contributed by atoms with Crippen molar-refractivity contribution >= 4 is 29.7 Å². The van der Waals surface area contributed by atoms with E-state index >= 15 is 0 Å². The quantitative estimate of drug-likeness (QED) is 0.346. The summed E-state index contributed by atoms with van der Waals surface area (Å²) in [6.07, 6.45) is 8.40. The van der Waals surface area contributed by atoms with Gasteiger partial charge < -0.3 is 10.4 Å². The van der Waals surface area contributed by atoms with E-state index in [0.29, 0.717) is 17.7 Å². The summed E-state index contributed by atoms with van der Waals surface area (Å²) in [5.74, 6) is -0.724. The number of rotatable bonds is 11. The SMILES string of the molecule is CSCC[C@H](NC(=O)c1ccc(C=CCCc2ccccc2)cc1-c1ccccc1C)C(=O)O. The number of carboxylic acid groups (broad SMARTS) is 1. The molecule has 0 fully saturated rings. The molecule has 5 heteroatoms. The maximum atomic E-state index is 13.2. The van der Waals surface area contributed by atoms with E-state index < -0.39 is 12.0 Å². The standard InChI is InChI=1S/C29H31NO3S/c1-21-10-6-9-15-24(21)26-20-23(14-8-7-13-22-11-4-3-5-12-22)16-17-25(26)28(31)30-27(29(32)33)18-19-34-2/h3-6,8-12,14-17,20,27H,7,13,18-19H2,1-2H3,(H,30,31)(H,32,33)/t27-/m0/s1. The minimum Gasteiger partial charge on any atom is -0.480 e. The Morgan fingerprint density at radius 3 is 2.44 bits per heavy atom. The van der Waals surface area contributed by atoms with Gasteiger partial charge in [0.15, 0.2) is 0 Å². The molecule has 0 saturated heterocycles. The van der Waals surface area contributed by atoms with Crippen molar-refractivity contribution in [2.45, 2.75) is 32.2 Å². The summed E-state index contributed by atoms with van der Waals surface area (Å²) in [7, 11) is 0. The van der Waals surface area contributed by atoms with Gasteiger partial charge in [0.25, 0.3) is 5.91 Å². The zero-order chi connectivity index (χ0) is 24.3. The lowest BCUT2D eigenvalue weighted by molar-refractivity contribution is -0.139. The van der Waals surface area contributed by atoms with Crippen molar-refractivity contribution in [1.29, 1.82) is 0 Å². The molecule has 176 valence electrons. The van der Waals surface area contributed by atoms with Crippen LogP contribution in [0.4, 0.5) is 0 Å². The van der Waals surface area contributed by atoms with Crippen LogP contribution in [-0.2, 0) is 11.2 Å². The van der Waals surface area contributed by atoms with Crippen LogP contribution in [-0.4, -0.2) is 35.0 Å². The third-order valence-electron chi connectivity index (χ3n) is 5.69. The minimum absolute atomic E-state index is 0.369. The monoisotopic (exact) mass is 473 g/mol. The number of carbonyl (C=O) groups excluding carboxylic acids is 1. The zero-order valence-corrected chi connectivity index (χ0v) is 20.5. The fourth-order valence-electron chi connectivity index (χ4n) is 3.80. The lowest BCUT2D eigenvalue weighted by Gasteiger charge is -2.17. The maximum Gasteiger partial charge on any atom is 0.326 e. The molecule has 3 aromatic carbocycles. The number of allylic oxidation sites excluding steroid dienone is 1. The smallest absolute Gasteiger partial charge is 0.326 e. The van der Waals surface area contributed by atoms with Gasteiger partial charge in [0.2, 0.25) is 0 Å². The van der Waals surface area contributed by atoms with Crippen LogP contribution in [0.5, 0.6) is 0 Å². The number of amides is 1. The normalized spacial score (nSPS) is 11.9. The van der Waals surface area contributed by atoms with Gasteiger partial charge in [0.1, 0.15) is 6.04 Å². The Kier molecular flexibility index (Phi) is 9.53.